The molecule has 0 bridgehead atoms. The highest BCUT2D eigenvalue weighted by Gasteiger charge is 2.19. The summed E-state index contributed by atoms with van der Waals surface area (Å²) >= 11 is 0. The fourth-order valence-electron chi connectivity index (χ4n) is 2.73. The van der Waals surface area contributed by atoms with Crippen molar-refractivity contribution in [2.45, 2.75) is 24.2 Å². The number of carbonyl (C=O) groups excluding carboxylic acids is 1. The Labute approximate surface area is 139 Å². The molecule has 0 unspecified atom stereocenters. The van der Waals surface area contributed by atoms with Crippen molar-refractivity contribution in [2.24, 2.45) is 0 Å². The van der Waals surface area contributed by atoms with Gasteiger partial charge >= 0.3 is 0 Å². The number of fused-ring (bicyclic) bond motifs is 1. The smallest absolute Gasteiger partial charge is 0.241 e. The summed E-state index contributed by atoms with van der Waals surface area (Å²) in [6, 6.07) is 10.4. The lowest BCUT2D eigenvalue weighted by Gasteiger charge is -2.09. The fourth-order valence-corrected chi connectivity index (χ4v) is 3.76. The van der Waals surface area contributed by atoms with E-state index < -0.39 is 28.3 Å². The van der Waals surface area contributed by atoms with Gasteiger partial charge in [-0.15, -0.1) is 0 Å². The van der Waals surface area contributed by atoms with Crippen LogP contribution in [-0.2, 0) is 27.7 Å². The van der Waals surface area contributed by atoms with Gasteiger partial charge < -0.3 is 5.32 Å². The van der Waals surface area contributed by atoms with Crippen LogP contribution in [-0.4, -0.2) is 20.9 Å². The van der Waals surface area contributed by atoms with Gasteiger partial charge in [-0.3, -0.25) is 4.79 Å². The molecule has 2 aromatic rings. The Kier molecular flexibility index (Phi) is 4.64. The zero-order valence-electron chi connectivity index (χ0n) is 12.9. The highest BCUT2D eigenvalue weighted by atomic mass is 32.2. The summed E-state index contributed by atoms with van der Waals surface area (Å²) in [5, 5.41) is 2.44. The van der Waals surface area contributed by atoms with E-state index in [9.17, 15) is 17.6 Å². The van der Waals surface area contributed by atoms with E-state index in [1.54, 1.807) is 12.1 Å². The largest absolute Gasteiger partial charge is 0.325 e. The molecule has 1 amide bonds. The van der Waals surface area contributed by atoms with Crippen molar-refractivity contribution < 1.29 is 17.6 Å². The van der Waals surface area contributed by atoms with Crippen molar-refractivity contribution in [1.29, 1.82) is 0 Å². The van der Waals surface area contributed by atoms with Crippen LogP contribution in [0.1, 0.15) is 17.5 Å². The third kappa shape index (κ3) is 3.80. The Bertz CT molecular complexity index is 881. The molecule has 0 saturated heterocycles. The maximum atomic E-state index is 13.1. The van der Waals surface area contributed by atoms with E-state index in [2.05, 4.69) is 10.0 Å². The van der Waals surface area contributed by atoms with Gasteiger partial charge in [-0.25, -0.2) is 17.5 Å². The molecule has 2 aromatic carbocycles. The molecule has 0 aliphatic heterocycles. The molecule has 0 atom stereocenters. The third-order valence-corrected chi connectivity index (χ3v) is 5.31. The van der Waals surface area contributed by atoms with E-state index in [1.807, 2.05) is 6.07 Å². The average Bonchev–Trinajstić information content (AvgIpc) is 3.01. The number of rotatable bonds is 5. The molecule has 1 aliphatic rings. The van der Waals surface area contributed by atoms with Crippen LogP contribution < -0.4 is 10.0 Å². The first-order valence-corrected chi connectivity index (χ1v) is 9.09. The molecule has 0 heterocycles. The lowest BCUT2D eigenvalue weighted by molar-refractivity contribution is -0.115. The van der Waals surface area contributed by atoms with Crippen LogP contribution in [0, 0.1) is 5.82 Å². The maximum Gasteiger partial charge on any atom is 0.241 e. The molecule has 5 nitrogen and oxygen atoms in total. The first-order chi connectivity index (χ1) is 11.4. The molecule has 1 aliphatic carbocycles. The molecule has 2 N–H and O–H groups in total. The van der Waals surface area contributed by atoms with Gasteiger partial charge in [0.2, 0.25) is 15.9 Å². The molecule has 7 heteroatoms. The van der Waals surface area contributed by atoms with Gasteiger partial charge in [0.05, 0.1) is 11.4 Å². The minimum Gasteiger partial charge on any atom is -0.325 e. The van der Waals surface area contributed by atoms with Gasteiger partial charge in [0.15, 0.2) is 0 Å². The molecular formula is C17H17FN2O3S. The zero-order valence-corrected chi connectivity index (χ0v) is 13.7. The Morgan fingerprint density at radius 3 is 2.67 bits per heavy atom. The Balaban J connectivity index is 1.63. The van der Waals surface area contributed by atoms with E-state index in [1.165, 1.54) is 23.8 Å². The highest BCUT2D eigenvalue weighted by molar-refractivity contribution is 7.89. The SMILES string of the molecule is O=C(CNS(=O)(=O)c1ccc2c(c1)CCC2)Nc1cccc(F)c1. The monoisotopic (exact) mass is 348 g/mol. The second-order valence-corrected chi connectivity index (χ2v) is 7.43. The quantitative estimate of drug-likeness (QED) is 0.870. The van der Waals surface area contributed by atoms with Gasteiger partial charge in [-0.1, -0.05) is 12.1 Å². The number of benzene rings is 2. The number of sulfonamides is 1. The predicted molar refractivity (Wildman–Crippen MR) is 88.7 cm³/mol. The lowest BCUT2D eigenvalue weighted by atomic mass is 10.1. The number of aryl methyl sites for hydroxylation is 2. The van der Waals surface area contributed by atoms with Crippen LogP contribution in [0.3, 0.4) is 0 Å². The van der Waals surface area contributed by atoms with Crippen molar-refractivity contribution in [3.8, 4) is 0 Å². The second kappa shape index (κ2) is 6.70. The number of nitrogens with one attached hydrogen (secondary N) is 2. The van der Waals surface area contributed by atoms with Crippen LogP contribution in [0.25, 0.3) is 0 Å². The molecular weight excluding hydrogens is 331 g/mol. The minimum absolute atomic E-state index is 0.154. The molecule has 3 rings (SSSR count). The molecule has 24 heavy (non-hydrogen) atoms. The summed E-state index contributed by atoms with van der Waals surface area (Å²) in [6.07, 6.45) is 2.88. The number of halogens is 1. The summed E-state index contributed by atoms with van der Waals surface area (Å²) in [6.45, 7) is -0.421. The summed E-state index contributed by atoms with van der Waals surface area (Å²) in [7, 11) is -3.76. The van der Waals surface area contributed by atoms with E-state index in [-0.39, 0.29) is 10.6 Å². The Hall–Kier alpha value is -2.25. The average molecular weight is 348 g/mol. The fraction of sp³-hybridized carbons (Fsp3) is 0.235. The Morgan fingerprint density at radius 2 is 1.88 bits per heavy atom. The van der Waals surface area contributed by atoms with Crippen molar-refractivity contribution in [2.75, 3.05) is 11.9 Å². The molecule has 0 fully saturated rings. The van der Waals surface area contributed by atoms with E-state index >= 15 is 0 Å². The van der Waals surface area contributed by atoms with Crippen molar-refractivity contribution >= 4 is 21.6 Å². The van der Waals surface area contributed by atoms with Crippen molar-refractivity contribution in [1.82, 2.24) is 4.72 Å². The second-order valence-electron chi connectivity index (χ2n) is 5.67. The summed E-state index contributed by atoms with van der Waals surface area (Å²) < 4.78 is 39.9. The van der Waals surface area contributed by atoms with Crippen LogP contribution in [0.5, 0.6) is 0 Å². The molecule has 0 saturated carbocycles. The number of hydrogen-bond acceptors (Lipinski definition) is 3. The van der Waals surface area contributed by atoms with Crippen LogP contribution in [0.4, 0.5) is 10.1 Å². The standard InChI is InChI=1S/C17H17FN2O3S/c18-14-5-2-6-15(10-14)20-17(21)11-19-24(22,23)16-8-7-12-3-1-4-13(12)9-16/h2,5-10,19H,1,3-4,11H2,(H,20,21). The highest BCUT2D eigenvalue weighted by Crippen LogP contribution is 2.24. The van der Waals surface area contributed by atoms with E-state index in [0.717, 1.165) is 30.9 Å². The van der Waals surface area contributed by atoms with Gasteiger partial charge in [0, 0.05) is 5.69 Å². The first-order valence-electron chi connectivity index (χ1n) is 7.61. The van der Waals surface area contributed by atoms with Gasteiger partial charge in [0.1, 0.15) is 5.82 Å². The van der Waals surface area contributed by atoms with Crippen LogP contribution in [0.15, 0.2) is 47.4 Å². The molecule has 0 radical (unpaired) electrons. The normalized spacial score (nSPS) is 13.5. The van der Waals surface area contributed by atoms with Crippen molar-refractivity contribution in [3.05, 3.63) is 59.4 Å². The number of carbonyl (C=O) groups is 1. The molecule has 0 spiro atoms. The van der Waals surface area contributed by atoms with Crippen LogP contribution in [0.2, 0.25) is 0 Å². The van der Waals surface area contributed by atoms with Crippen molar-refractivity contribution in [3.63, 3.8) is 0 Å². The van der Waals surface area contributed by atoms with Gasteiger partial charge in [-0.2, -0.15) is 0 Å². The lowest BCUT2D eigenvalue weighted by Crippen LogP contribution is -2.33. The van der Waals surface area contributed by atoms with Gasteiger partial charge in [0.25, 0.3) is 0 Å². The third-order valence-electron chi connectivity index (χ3n) is 3.91. The number of hydrogen-bond donors (Lipinski definition) is 2. The zero-order chi connectivity index (χ0) is 17.2. The van der Waals surface area contributed by atoms with E-state index in [4.69, 9.17) is 0 Å². The van der Waals surface area contributed by atoms with E-state index in [0.29, 0.717) is 0 Å². The number of anilines is 1. The maximum absolute atomic E-state index is 13.1. The first kappa shape index (κ1) is 16.6. The Morgan fingerprint density at radius 1 is 1.08 bits per heavy atom. The molecule has 0 aromatic heterocycles. The molecule has 126 valence electrons. The topological polar surface area (TPSA) is 75.3 Å². The summed E-state index contributed by atoms with van der Waals surface area (Å²) in [5.74, 6) is -1.04. The summed E-state index contributed by atoms with van der Waals surface area (Å²) in [4.78, 5) is 12.0. The number of amides is 1. The summed E-state index contributed by atoms with van der Waals surface area (Å²) in [5.41, 5.74) is 2.50. The predicted octanol–water partition coefficient (Wildman–Crippen LogP) is 2.23. The minimum atomic E-state index is -3.76. The van der Waals surface area contributed by atoms with Crippen LogP contribution >= 0.6 is 0 Å². The van der Waals surface area contributed by atoms with Gasteiger partial charge in [-0.05, 0) is 60.7 Å².